The Kier molecular flexibility index (Phi) is 10.3. The smallest absolute Gasteiger partial charge is 0.387 e. The zero-order valence-electron chi connectivity index (χ0n) is 18.0. The fraction of sp³-hybridized carbons (Fsp3) is 0.667. The molecule has 3 N–H and O–H groups in total. The van der Waals surface area contributed by atoms with Gasteiger partial charge in [-0.2, -0.15) is 8.78 Å². The standard InChI is InChI=1S/C21H34F2N4O3/c1-4-24-21(25-10-5-11-27-13-15(2)29-16(3)14-27)26-12-19(28)17-6-8-18(9-7-17)30-20(22)23/h6-9,15-16,19-20,28H,4-5,10-14H2,1-3H3,(H2,24,25,26). The van der Waals surface area contributed by atoms with Crippen molar-refractivity contribution >= 4 is 5.96 Å². The summed E-state index contributed by atoms with van der Waals surface area (Å²) in [4.78, 5) is 6.84. The van der Waals surface area contributed by atoms with Crippen LogP contribution in [0, 0.1) is 0 Å². The van der Waals surface area contributed by atoms with Crippen molar-refractivity contribution in [3.8, 4) is 5.75 Å². The molecule has 3 atom stereocenters. The van der Waals surface area contributed by atoms with Crippen molar-refractivity contribution in [3.05, 3.63) is 29.8 Å². The molecule has 7 nitrogen and oxygen atoms in total. The number of hydrogen-bond acceptors (Lipinski definition) is 5. The van der Waals surface area contributed by atoms with Crippen molar-refractivity contribution in [2.24, 2.45) is 4.99 Å². The molecule has 1 aliphatic rings. The fourth-order valence-corrected chi connectivity index (χ4v) is 3.47. The molecule has 1 aliphatic heterocycles. The minimum atomic E-state index is -2.87. The first-order chi connectivity index (χ1) is 14.4. The monoisotopic (exact) mass is 428 g/mol. The molecule has 0 radical (unpaired) electrons. The molecule has 0 amide bonds. The van der Waals surface area contributed by atoms with E-state index in [2.05, 4.69) is 39.1 Å². The third kappa shape index (κ3) is 8.81. The molecule has 1 aromatic carbocycles. The molecule has 30 heavy (non-hydrogen) atoms. The van der Waals surface area contributed by atoms with Crippen LogP contribution in [0.4, 0.5) is 8.78 Å². The third-order valence-electron chi connectivity index (χ3n) is 4.70. The van der Waals surface area contributed by atoms with Crippen LogP contribution in [0.3, 0.4) is 0 Å². The van der Waals surface area contributed by atoms with E-state index in [4.69, 9.17) is 4.74 Å². The highest BCUT2D eigenvalue weighted by Crippen LogP contribution is 2.19. The van der Waals surface area contributed by atoms with Crippen molar-refractivity contribution in [2.45, 2.75) is 52.1 Å². The van der Waals surface area contributed by atoms with Gasteiger partial charge in [-0.25, -0.2) is 0 Å². The Morgan fingerprint density at radius 2 is 1.90 bits per heavy atom. The first-order valence-corrected chi connectivity index (χ1v) is 10.5. The number of ether oxygens (including phenoxy) is 2. The SMILES string of the molecule is CCNC(=NCC(O)c1ccc(OC(F)F)cc1)NCCCN1CC(C)OC(C)C1. The minimum Gasteiger partial charge on any atom is -0.435 e. The number of benzene rings is 1. The normalized spacial score (nSPS) is 21.5. The summed E-state index contributed by atoms with van der Waals surface area (Å²) in [6, 6.07) is 5.93. The number of aliphatic hydroxyl groups excluding tert-OH is 1. The van der Waals surface area contributed by atoms with E-state index in [-0.39, 0.29) is 24.5 Å². The molecule has 0 saturated carbocycles. The highest BCUT2D eigenvalue weighted by atomic mass is 19.3. The molecule has 3 unspecified atom stereocenters. The van der Waals surface area contributed by atoms with Crippen molar-refractivity contribution in [1.82, 2.24) is 15.5 Å². The molecule has 9 heteroatoms. The molecule has 0 bridgehead atoms. The summed E-state index contributed by atoms with van der Waals surface area (Å²) in [5.41, 5.74) is 0.590. The minimum absolute atomic E-state index is 0.0588. The van der Waals surface area contributed by atoms with Crippen LogP contribution in [-0.4, -0.2) is 74.1 Å². The predicted octanol–water partition coefficient (Wildman–Crippen LogP) is 2.38. The molecular weight excluding hydrogens is 394 g/mol. The summed E-state index contributed by atoms with van der Waals surface area (Å²) >= 11 is 0. The van der Waals surface area contributed by atoms with Crippen LogP contribution in [0.1, 0.15) is 38.9 Å². The van der Waals surface area contributed by atoms with E-state index < -0.39 is 12.7 Å². The maximum atomic E-state index is 12.2. The molecule has 1 fully saturated rings. The van der Waals surface area contributed by atoms with Crippen LogP contribution in [0.25, 0.3) is 0 Å². The van der Waals surface area contributed by atoms with Gasteiger partial charge in [0.15, 0.2) is 5.96 Å². The van der Waals surface area contributed by atoms with Crippen molar-refractivity contribution < 1.29 is 23.4 Å². The van der Waals surface area contributed by atoms with Crippen LogP contribution < -0.4 is 15.4 Å². The second kappa shape index (κ2) is 12.7. The molecular formula is C21H34F2N4O3. The zero-order valence-corrected chi connectivity index (χ0v) is 18.0. The topological polar surface area (TPSA) is 78.4 Å². The summed E-state index contributed by atoms with van der Waals surface area (Å²) in [6.45, 7) is 7.83. The highest BCUT2D eigenvalue weighted by molar-refractivity contribution is 5.79. The van der Waals surface area contributed by atoms with Gasteiger partial charge in [0, 0.05) is 32.7 Å². The van der Waals surface area contributed by atoms with E-state index in [1.807, 2.05) is 6.92 Å². The van der Waals surface area contributed by atoms with E-state index in [1.54, 1.807) is 12.1 Å². The second-order valence-corrected chi connectivity index (χ2v) is 7.48. The van der Waals surface area contributed by atoms with Gasteiger partial charge in [-0.05, 0) is 44.9 Å². The number of halogens is 2. The maximum absolute atomic E-state index is 12.2. The summed E-state index contributed by atoms with van der Waals surface area (Å²) in [6.07, 6.45) is 0.659. The summed E-state index contributed by atoms with van der Waals surface area (Å²) < 4.78 is 34.5. The largest absolute Gasteiger partial charge is 0.435 e. The second-order valence-electron chi connectivity index (χ2n) is 7.48. The van der Waals surface area contributed by atoms with Gasteiger partial charge in [0.05, 0.1) is 24.9 Å². The number of hydrogen-bond donors (Lipinski definition) is 3. The highest BCUT2D eigenvalue weighted by Gasteiger charge is 2.21. The lowest BCUT2D eigenvalue weighted by atomic mass is 10.1. The van der Waals surface area contributed by atoms with Gasteiger partial charge < -0.3 is 25.2 Å². The van der Waals surface area contributed by atoms with Gasteiger partial charge in [0.25, 0.3) is 0 Å². The number of nitrogens with zero attached hydrogens (tertiary/aromatic N) is 2. The first-order valence-electron chi connectivity index (χ1n) is 10.5. The number of guanidine groups is 1. The molecule has 170 valence electrons. The van der Waals surface area contributed by atoms with Crippen molar-refractivity contribution in [1.29, 1.82) is 0 Å². The van der Waals surface area contributed by atoms with E-state index in [0.29, 0.717) is 18.1 Å². The van der Waals surface area contributed by atoms with Gasteiger partial charge in [-0.15, -0.1) is 0 Å². The molecule has 1 saturated heterocycles. The summed E-state index contributed by atoms with van der Waals surface area (Å²) in [5, 5.41) is 16.8. The molecule has 0 aromatic heterocycles. The molecule has 2 rings (SSSR count). The van der Waals surface area contributed by atoms with Crippen LogP contribution in [0.15, 0.2) is 29.3 Å². The Labute approximate surface area is 177 Å². The maximum Gasteiger partial charge on any atom is 0.387 e. The summed E-state index contributed by atoms with van der Waals surface area (Å²) in [7, 11) is 0. The Balaban J connectivity index is 1.77. The number of alkyl halides is 2. The van der Waals surface area contributed by atoms with E-state index in [9.17, 15) is 13.9 Å². The van der Waals surface area contributed by atoms with Crippen LogP contribution in [0.5, 0.6) is 5.75 Å². The Morgan fingerprint density at radius 3 is 2.50 bits per heavy atom. The van der Waals surface area contributed by atoms with Gasteiger partial charge in [-0.1, -0.05) is 12.1 Å². The van der Waals surface area contributed by atoms with Gasteiger partial charge >= 0.3 is 6.61 Å². The van der Waals surface area contributed by atoms with E-state index in [0.717, 1.165) is 32.6 Å². The number of aliphatic imine (C=N–C) groups is 1. The lowest BCUT2D eigenvalue weighted by Crippen LogP contribution is -2.46. The molecule has 1 aromatic rings. The predicted molar refractivity (Wildman–Crippen MR) is 113 cm³/mol. The lowest BCUT2D eigenvalue weighted by molar-refractivity contribution is -0.0679. The van der Waals surface area contributed by atoms with Crippen LogP contribution >= 0.6 is 0 Å². The van der Waals surface area contributed by atoms with Crippen molar-refractivity contribution in [2.75, 3.05) is 39.3 Å². The van der Waals surface area contributed by atoms with Crippen molar-refractivity contribution in [3.63, 3.8) is 0 Å². The van der Waals surface area contributed by atoms with E-state index in [1.165, 1.54) is 12.1 Å². The third-order valence-corrected chi connectivity index (χ3v) is 4.70. The molecule has 0 spiro atoms. The molecule has 0 aliphatic carbocycles. The van der Waals surface area contributed by atoms with E-state index >= 15 is 0 Å². The van der Waals surface area contributed by atoms with Crippen LogP contribution in [-0.2, 0) is 4.74 Å². The quantitative estimate of drug-likeness (QED) is 0.302. The number of rotatable bonds is 10. The Bertz CT molecular complexity index is 636. The average Bonchev–Trinajstić information content (AvgIpc) is 2.68. The molecule has 1 heterocycles. The first kappa shape index (κ1) is 24.3. The Hall–Kier alpha value is -1.97. The van der Waals surface area contributed by atoms with Crippen LogP contribution in [0.2, 0.25) is 0 Å². The summed E-state index contributed by atoms with van der Waals surface area (Å²) in [5.74, 6) is 0.696. The van der Waals surface area contributed by atoms with Gasteiger partial charge in [-0.3, -0.25) is 9.89 Å². The average molecular weight is 429 g/mol. The van der Waals surface area contributed by atoms with Gasteiger partial charge in [0.2, 0.25) is 0 Å². The van der Waals surface area contributed by atoms with Gasteiger partial charge in [0.1, 0.15) is 5.75 Å². The Morgan fingerprint density at radius 1 is 1.23 bits per heavy atom. The number of nitrogens with one attached hydrogen (secondary N) is 2. The lowest BCUT2D eigenvalue weighted by Gasteiger charge is -2.35. The number of morpholine rings is 1. The zero-order chi connectivity index (χ0) is 21.9. The number of aliphatic hydroxyl groups is 1. The fourth-order valence-electron chi connectivity index (χ4n) is 3.47.